The van der Waals surface area contributed by atoms with Gasteiger partial charge in [-0.2, -0.15) is 0 Å². The fourth-order valence-corrected chi connectivity index (χ4v) is 5.90. The van der Waals surface area contributed by atoms with E-state index >= 15 is 0 Å². The Bertz CT molecular complexity index is 1220. The van der Waals surface area contributed by atoms with Crippen molar-refractivity contribution in [2.75, 3.05) is 11.9 Å². The Kier molecular flexibility index (Phi) is 3.99. The van der Waals surface area contributed by atoms with E-state index in [4.69, 9.17) is 0 Å². The molecule has 2 N–H and O–H groups in total. The van der Waals surface area contributed by atoms with Crippen molar-refractivity contribution in [1.82, 2.24) is 19.6 Å². The Morgan fingerprint density at radius 1 is 1.32 bits per heavy atom. The summed E-state index contributed by atoms with van der Waals surface area (Å²) < 4.78 is 1.96. The lowest BCUT2D eigenvalue weighted by molar-refractivity contribution is -0.137. The summed E-state index contributed by atoms with van der Waals surface area (Å²) in [6.07, 6.45) is 6.72. The molecule has 0 saturated carbocycles. The second-order valence-corrected chi connectivity index (χ2v) is 8.96. The number of carbonyl (C=O) groups excluding carboxylic acids is 2. The van der Waals surface area contributed by atoms with Crippen LogP contribution in [0.25, 0.3) is 5.65 Å². The van der Waals surface area contributed by atoms with Crippen LogP contribution in [0, 0.1) is 12.8 Å². The number of amides is 2. The molecule has 0 bridgehead atoms. The first-order chi connectivity index (χ1) is 15.1. The number of aryl methyl sites for hydroxylation is 1. The van der Waals surface area contributed by atoms with Gasteiger partial charge in [-0.3, -0.25) is 14.5 Å². The first kappa shape index (κ1) is 18.6. The summed E-state index contributed by atoms with van der Waals surface area (Å²) in [5.41, 5.74) is 3.68. The quantitative estimate of drug-likeness (QED) is 0.689. The lowest BCUT2D eigenvalue weighted by atomic mass is 9.78. The number of rotatable bonds is 3. The molecule has 7 heteroatoms. The van der Waals surface area contributed by atoms with Crippen molar-refractivity contribution in [1.29, 1.82) is 0 Å². The van der Waals surface area contributed by atoms with E-state index in [1.807, 2.05) is 60.1 Å². The number of imidazole rings is 1. The summed E-state index contributed by atoms with van der Waals surface area (Å²) in [6, 6.07) is 12.1. The van der Waals surface area contributed by atoms with Crippen molar-refractivity contribution in [2.45, 2.75) is 44.3 Å². The lowest BCUT2D eigenvalue weighted by Crippen LogP contribution is -2.54. The number of carbonyl (C=O) groups is 2. The van der Waals surface area contributed by atoms with Crippen molar-refractivity contribution >= 4 is 23.1 Å². The molecule has 3 aliphatic heterocycles. The Balaban J connectivity index is 1.31. The molecule has 5 heterocycles. The molecule has 31 heavy (non-hydrogen) atoms. The van der Waals surface area contributed by atoms with Crippen LogP contribution >= 0.6 is 0 Å². The smallest absolute Gasteiger partial charge is 0.250 e. The van der Waals surface area contributed by atoms with Crippen molar-refractivity contribution < 1.29 is 9.59 Å². The predicted octanol–water partition coefficient (Wildman–Crippen LogP) is 2.59. The van der Waals surface area contributed by atoms with E-state index in [2.05, 4.69) is 20.5 Å². The minimum atomic E-state index is -0.905. The molecule has 6 rings (SSSR count). The minimum Gasteiger partial charge on any atom is -0.350 e. The molecule has 3 aromatic rings. The lowest BCUT2D eigenvalue weighted by Gasteiger charge is -2.36. The van der Waals surface area contributed by atoms with E-state index < -0.39 is 11.5 Å². The summed E-state index contributed by atoms with van der Waals surface area (Å²) in [5.74, 6) is -0.559. The highest BCUT2D eigenvalue weighted by molar-refractivity contribution is 6.09. The second kappa shape index (κ2) is 6.65. The van der Waals surface area contributed by atoms with Crippen molar-refractivity contribution in [3.8, 4) is 0 Å². The van der Waals surface area contributed by atoms with Crippen LogP contribution in [0.5, 0.6) is 0 Å². The van der Waals surface area contributed by atoms with Gasteiger partial charge in [0.05, 0.1) is 18.2 Å². The third-order valence-corrected chi connectivity index (χ3v) is 7.20. The number of hydrogen-bond acceptors (Lipinski definition) is 4. The SMILES string of the molecule is Cc1ccn2cc(CNC(=O)[C@@H]3C[C@H]4CCCN4[C@]34C(=O)Nc3ccccc34)nc2c1. The van der Waals surface area contributed by atoms with E-state index in [1.165, 1.54) is 0 Å². The zero-order valence-corrected chi connectivity index (χ0v) is 17.5. The van der Waals surface area contributed by atoms with Crippen LogP contribution in [-0.4, -0.2) is 38.7 Å². The highest BCUT2D eigenvalue weighted by Crippen LogP contribution is 2.55. The summed E-state index contributed by atoms with van der Waals surface area (Å²) in [5, 5.41) is 6.14. The van der Waals surface area contributed by atoms with E-state index in [0.717, 1.165) is 47.5 Å². The van der Waals surface area contributed by atoms with E-state index in [0.29, 0.717) is 13.0 Å². The Morgan fingerprint density at radius 2 is 2.19 bits per heavy atom. The minimum absolute atomic E-state index is 0.0681. The molecule has 1 spiro atoms. The average Bonchev–Trinajstić information content (AvgIpc) is 3.50. The monoisotopic (exact) mass is 415 g/mol. The largest absolute Gasteiger partial charge is 0.350 e. The number of nitrogens with zero attached hydrogens (tertiary/aromatic N) is 3. The highest BCUT2D eigenvalue weighted by atomic mass is 16.2. The Morgan fingerprint density at radius 3 is 3.10 bits per heavy atom. The van der Waals surface area contributed by atoms with Gasteiger partial charge in [0.25, 0.3) is 0 Å². The molecular formula is C24H25N5O2. The number of benzene rings is 1. The van der Waals surface area contributed by atoms with Gasteiger partial charge in [0, 0.05) is 29.7 Å². The van der Waals surface area contributed by atoms with Gasteiger partial charge in [0.1, 0.15) is 11.2 Å². The maximum atomic E-state index is 13.5. The van der Waals surface area contributed by atoms with Gasteiger partial charge in [0.2, 0.25) is 11.8 Å². The van der Waals surface area contributed by atoms with Crippen LogP contribution in [-0.2, 0) is 21.7 Å². The number of para-hydroxylation sites is 1. The van der Waals surface area contributed by atoms with Gasteiger partial charge in [-0.15, -0.1) is 0 Å². The van der Waals surface area contributed by atoms with Crippen LogP contribution < -0.4 is 10.6 Å². The first-order valence-corrected chi connectivity index (χ1v) is 11.0. The van der Waals surface area contributed by atoms with Crippen LogP contribution in [0.15, 0.2) is 48.8 Å². The Hall–Kier alpha value is -3.19. The first-order valence-electron chi connectivity index (χ1n) is 11.0. The number of fused-ring (bicyclic) bond motifs is 5. The summed E-state index contributed by atoms with van der Waals surface area (Å²) in [6.45, 7) is 3.23. The van der Waals surface area contributed by atoms with E-state index in [9.17, 15) is 9.59 Å². The van der Waals surface area contributed by atoms with Gasteiger partial charge in [-0.1, -0.05) is 18.2 Å². The average molecular weight is 415 g/mol. The van der Waals surface area contributed by atoms with E-state index in [-0.39, 0.29) is 17.9 Å². The van der Waals surface area contributed by atoms with Gasteiger partial charge in [0.15, 0.2) is 0 Å². The van der Waals surface area contributed by atoms with Gasteiger partial charge < -0.3 is 15.0 Å². The second-order valence-electron chi connectivity index (χ2n) is 8.96. The maximum absolute atomic E-state index is 13.5. The molecule has 3 atom stereocenters. The molecule has 158 valence electrons. The number of pyridine rings is 1. The molecule has 0 radical (unpaired) electrons. The fraction of sp³-hybridized carbons (Fsp3) is 0.375. The van der Waals surface area contributed by atoms with Gasteiger partial charge >= 0.3 is 0 Å². The van der Waals surface area contributed by atoms with Crippen LogP contribution in [0.2, 0.25) is 0 Å². The van der Waals surface area contributed by atoms with E-state index in [1.54, 1.807) is 0 Å². The van der Waals surface area contributed by atoms with Gasteiger partial charge in [-0.25, -0.2) is 4.98 Å². The zero-order valence-electron chi connectivity index (χ0n) is 17.5. The molecule has 2 fully saturated rings. The summed E-state index contributed by atoms with van der Waals surface area (Å²) in [7, 11) is 0. The summed E-state index contributed by atoms with van der Waals surface area (Å²) in [4.78, 5) is 33.8. The molecule has 0 aliphatic carbocycles. The number of aromatic nitrogens is 2. The molecule has 1 aromatic carbocycles. The number of anilines is 1. The normalized spacial score (nSPS) is 26.9. The van der Waals surface area contributed by atoms with Crippen molar-refractivity contribution in [3.63, 3.8) is 0 Å². The molecule has 3 aliphatic rings. The molecule has 0 unspecified atom stereocenters. The molecule has 2 saturated heterocycles. The maximum Gasteiger partial charge on any atom is 0.250 e. The Labute approximate surface area is 180 Å². The zero-order chi connectivity index (χ0) is 21.2. The standard InChI is InChI=1S/C24H25N5O2/c1-15-8-10-28-14-16(26-21(28)11-15)13-25-22(30)19-12-17-5-4-9-29(17)24(19)18-6-2-3-7-20(18)27-23(24)31/h2-3,6-8,10-11,14,17,19H,4-5,9,12-13H2,1H3,(H,25,30)(H,27,31)/t17-,19+,24+/m1/s1. The van der Waals surface area contributed by atoms with Gasteiger partial charge in [-0.05, 0) is 56.5 Å². The number of nitrogens with one attached hydrogen (secondary N) is 2. The van der Waals surface area contributed by atoms with Crippen LogP contribution in [0.4, 0.5) is 5.69 Å². The third kappa shape index (κ3) is 2.59. The third-order valence-electron chi connectivity index (χ3n) is 7.20. The molecule has 2 amide bonds. The molecular weight excluding hydrogens is 390 g/mol. The van der Waals surface area contributed by atoms with Crippen LogP contribution in [0.3, 0.4) is 0 Å². The highest BCUT2D eigenvalue weighted by Gasteiger charge is 2.65. The van der Waals surface area contributed by atoms with Crippen molar-refractivity contribution in [2.24, 2.45) is 5.92 Å². The van der Waals surface area contributed by atoms with Crippen LogP contribution in [0.1, 0.15) is 36.1 Å². The summed E-state index contributed by atoms with van der Waals surface area (Å²) >= 11 is 0. The fourth-order valence-electron chi connectivity index (χ4n) is 5.90. The number of hydrogen-bond donors (Lipinski definition) is 2. The molecule has 7 nitrogen and oxygen atoms in total. The molecule has 2 aromatic heterocycles. The predicted molar refractivity (Wildman–Crippen MR) is 116 cm³/mol. The topological polar surface area (TPSA) is 78.7 Å². The van der Waals surface area contributed by atoms with Crippen molar-refractivity contribution in [3.05, 3.63) is 65.6 Å².